The van der Waals surface area contributed by atoms with E-state index in [2.05, 4.69) is 21.2 Å². The van der Waals surface area contributed by atoms with E-state index in [0.717, 1.165) is 12.8 Å². The number of hydrogen-bond acceptors (Lipinski definition) is 1. The molecule has 0 radical (unpaired) electrons. The lowest BCUT2D eigenvalue weighted by atomic mass is 9.93. The minimum absolute atomic E-state index is 0.0481. The zero-order valence-electron chi connectivity index (χ0n) is 6.06. The molecule has 0 spiro atoms. The third-order valence-corrected chi connectivity index (χ3v) is 2.23. The van der Waals surface area contributed by atoms with E-state index in [1.165, 1.54) is 6.42 Å². The first-order chi connectivity index (χ1) is 4.70. The Kier molecular flexibility index (Phi) is 2.72. The number of rotatable bonds is 2. The van der Waals surface area contributed by atoms with Crippen LogP contribution in [0.15, 0.2) is 0 Å². The average Bonchev–Trinajstić information content (AvgIpc) is 1.77. The molecule has 1 atom stereocenters. The lowest BCUT2D eigenvalue weighted by molar-refractivity contribution is -0.121. The molecule has 1 aliphatic carbocycles. The van der Waals surface area contributed by atoms with Crippen LogP contribution >= 0.6 is 15.9 Å². The first kappa shape index (κ1) is 8.05. The van der Waals surface area contributed by atoms with Gasteiger partial charge in [-0.25, -0.2) is 0 Å². The Morgan fingerprint density at radius 1 is 1.70 bits per heavy atom. The maximum absolute atomic E-state index is 11.0. The summed E-state index contributed by atoms with van der Waals surface area (Å²) in [5.74, 6) is 0.115. The molecule has 1 N–H and O–H groups in total. The highest BCUT2D eigenvalue weighted by Gasteiger charge is 2.20. The van der Waals surface area contributed by atoms with Crippen molar-refractivity contribution in [2.45, 2.75) is 37.1 Å². The van der Waals surface area contributed by atoms with E-state index in [4.69, 9.17) is 0 Å². The number of carbonyl (C=O) groups excluding carboxylic acids is 1. The second kappa shape index (κ2) is 3.37. The summed E-state index contributed by atoms with van der Waals surface area (Å²) in [7, 11) is 0. The minimum Gasteiger partial charge on any atom is -0.352 e. The summed E-state index contributed by atoms with van der Waals surface area (Å²) in [6.45, 7) is 1.84. The van der Waals surface area contributed by atoms with Gasteiger partial charge in [0.2, 0.25) is 5.91 Å². The van der Waals surface area contributed by atoms with Gasteiger partial charge in [0.1, 0.15) is 0 Å². The summed E-state index contributed by atoms with van der Waals surface area (Å²) in [6.07, 6.45) is 3.58. The molecule has 0 aromatic heterocycles. The van der Waals surface area contributed by atoms with Gasteiger partial charge in [-0.05, 0) is 26.2 Å². The first-order valence-corrected chi connectivity index (χ1v) is 4.56. The monoisotopic (exact) mass is 205 g/mol. The Hall–Kier alpha value is -0.0500. The molecule has 1 unspecified atom stereocenters. The lowest BCUT2D eigenvalue weighted by Crippen LogP contribution is -2.42. The molecule has 1 fully saturated rings. The largest absolute Gasteiger partial charge is 0.352 e. The van der Waals surface area contributed by atoms with Crippen molar-refractivity contribution in [3.8, 4) is 0 Å². The Morgan fingerprint density at radius 2 is 2.30 bits per heavy atom. The highest BCUT2D eigenvalue weighted by Crippen LogP contribution is 2.18. The molecule has 0 aromatic rings. The van der Waals surface area contributed by atoms with Gasteiger partial charge in [-0.1, -0.05) is 15.9 Å². The van der Waals surface area contributed by atoms with Crippen LogP contribution in [-0.2, 0) is 4.79 Å². The summed E-state index contributed by atoms with van der Waals surface area (Å²) in [5, 5.41) is 2.93. The molecular formula is C7H12BrNO. The third kappa shape index (κ3) is 1.97. The van der Waals surface area contributed by atoms with E-state index < -0.39 is 0 Å². The van der Waals surface area contributed by atoms with Crippen molar-refractivity contribution in [2.75, 3.05) is 0 Å². The quantitative estimate of drug-likeness (QED) is 0.680. The van der Waals surface area contributed by atoms with Gasteiger partial charge in [0.15, 0.2) is 0 Å². The van der Waals surface area contributed by atoms with Crippen LogP contribution in [0.25, 0.3) is 0 Å². The van der Waals surface area contributed by atoms with Crippen molar-refractivity contribution >= 4 is 21.8 Å². The predicted octanol–water partition coefficient (Wildman–Crippen LogP) is 1.44. The van der Waals surface area contributed by atoms with Gasteiger partial charge in [0.25, 0.3) is 0 Å². The van der Waals surface area contributed by atoms with Crippen LogP contribution in [0.4, 0.5) is 0 Å². The van der Waals surface area contributed by atoms with Crippen LogP contribution in [0.3, 0.4) is 0 Å². The van der Waals surface area contributed by atoms with Crippen molar-refractivity contribution in [3.63, 3.8) is 0 Å². The van der Waals surface area contributed by atoms with Crippen LogP contribution in [-0.4, -0.2) is 16.8 Å². The Balaban J connectivity index is 2.17. The van der Waals surface area contributed by atoms with Gasteiger partial charge < -0.3 is 5.32 Å². The van der Waals surface area contributed by atoms with Crippen LogP contribution in [0, 0.1) is 0 Å². The number of nitrogens with one attached hydrogen (secondary N) is 1. The fourth-order valence-electron chi connectivity index (χ4n) is 0.869. The second-order valence-corrected chi connectivity index (χ2v) is 4.13. The molecule has 1 amide bonds. The Morgan fingerprint density at radius 3 is 2.60 bits per heavy atom. The van der Waals surface area contributed by atoms with Crippen molar-refractivity contribution < 1.29 is 4.79 Å². The molecular weight excluding hydrogens is 194 g/mol. The van der Waals surface area contributed by atoms with Gasteiger partial charge >= 0.3 is 0 Å². The standard InChI is InChI=1S/C7H12BrNO/c1-5(8)7(10)9-6-3-2-4-6/h5-6H,2-4H2,1H3,(H,9,10). The fraction of sp³-hybridized carbons (Fsp3) is 0.857. The zero-order chi connectivity index (χ0) is 7.56. The maximum Gasteiger partial charge on any atom is 0.233 e. The SMILES string of the molecule is CC(Br)C(=O)NC1CCC1. The summed E-state index contributed by atoms with van der Waals surface area (Å²) >= 11 is 3.21. The zero-order valence-corrected chi connectivity index (χ0v) is 7.65. The van der Waals surface area contributed by atoms with Gasteiger partial charge in [0, 0.05) is 6.04 Å². The Bertz CT molecular complexity index is 132. The second-order valence-electron chi connectivity index (χ2n) is 2.75. The van der Waals surface area contributed by atoms with E-state index in [1.54, 1.807) is 0 Å². The summed E-state index contributed by atoms with van der Waals surface area (Å²) in [6, 6.07) is 0.465. The number of carbonyl (C=O) groups is 1. The smallest absolute Gasteiger partial charge is 0.233 e. The van der Waals surface area contributed by atoms with Crippen LogP contribution in [0.2, 0.25) is 0 Å². The molecule has 3 heteroatoms. The van der Waals surface area contributed by atoms with Crippen LogP contribution < -0.4 is 5.32 Å². The average molecular weight is 206 g/mol. The van der Waals surface area contributed by atoms with Crippen molar-refractivity contribution in [3.05, 3.63) is 0 Å². The van der Waals surface area contributed by atoms with E-state index in [9.17, 15) is 4.79 Å². The van der Waals surface area contributed by atoms with Crippen molar-refractivity contribution in [1.29, 1.82) is 0 Å². The van der Waals surface area contributed by atoms with Gasteiger partial charge in [-0.3, -0.25) is 4.79 Å². The molecule has 58 valence electrons. The first-order valence-electron chi connectivity index (χ1n) is 3.64. The number of amides is 1. The number of halogens is 1. The summed E-state index contributed by atoms with van der Waals surface area (Å²) < 4.78 is 0. The molecule has 1 rings (SSSR count). The molecule has 0 bridgehead atoms. The van der Waals surface area contributed by atoms with Gasteiger partial charge in [-0.2, -0.15) is 0 Å². The Labute approximate surface area is 69.5 Å². The summed E-state index contributed by atoms with van der Waals surface area (Å²) in [4.78, 5) is 10.9. The molecule has 1 saturated carbocycles. The molecule has 2 nitrogen and oxygen atoms in total. The topological polar surface area (TPSA) is 29.1 Å². The molecule has 0 aliphatic heterocycles. The van der Waals surface area contributed by atoms with E-state index in [1.807, 2.05) is 6.92 Å². The molecule has 10 heavy (non-hydrogen) atoms. The van der Waals surface area contributed by atoms with Crippen molar-refractivity contribution in [1.82, 2.24) is 5.32 Å². The molecule has 0 heterocycles. The predicted molar refractivity (Wildman–Crippen MR) is 44.2 cm³/mol. The normalized spacial score (nSPS) is 21.4. The van der Waals surface area contributed by atoms with Gasteiger partial charge in [-0.15, -0.1) is 0 Å². The van der Waals surface area contributed by atoms with Crippen LogP contribution in [0.5, 0.6) is 0 Å². The highest BCUT2D eigenvalue weighted by molar-refractivity contribution is 9.10. The van der Waals surface area contributed by atoms with Gasteiger partial charge in [0.05, 0.1) is 4.83 Å². The molecule has 1 aliphatic rings. The van der Waals surface area contributed by atoms with Crippen LogP contribution in [0.1, 0.15) is 26.2 Å². The third-order valence-electron chi connectivity index (χ3n) is 1.81. The molecule has 0 saturated heterocycles. The van der Waals surface area contributed by atoms with E-state index >= 15 is 0 Å². The summed E-state index contributed by atoms with van der Waals surface area (Å²) in [5.41, 5.74) is 0. The maximum atomic E-state index is 11.0. The highest BCUT2D eigenvalue weighted by atomic mass is 79.9. The number of alkyl halides is 1. The lowest BCUT2D eigenvalue weighted by Gasteiger charge is -2.26. The number of hydrogen-bond donors (Lipinski definition) is 1. The van der Waals surface area contributed by atoms with Crippen molar-refractivity contribution in [2.24, 2.45) is 0 Å². The van der Waals surface area contributed by atoms with E-state index in [0.29, 0.717) is 6.04 Å². The fourth-order valence-corrected chi connectivity index (χ4v) is 1.00. The van der Waals surface area contributed by atoms with E-state index in [-0.39, 0.29) is 10.7 Å². The minimum atomic E-state index is -0.0481. The molecule has 0 aromatic carbocycles.